The summed E-state index contributed by atoms with van der Waals surface area (Å²) in [5, 5.41) is 0. The summed E-state index contributed by atoms with van der Waals surface area (Å²) in [5.41, 5.74) is 0.984. The van der Waals surface area contributed by atoms with Crippen LogP contribution in [0, 0.1) is 5.92 Å². The van der Waals surface area contributed by atoms with E-state index in [0.29, 0.717) is 6.04 Å². The second kappa shape index (κ2) is 5.02. The number of imidazole rings is 1. The SMILES string of the molecule is Brc1cn2ccnc2c(N2CCCC2C2CCCC2)n1. The molecule has 1 saturated heterocycles. The molecule has 1 aliphatic carbocycles. The summed E-state index contributed by atoms with van der Waals surface area (Å²) in [4.78, 5) is 11.8. The normalized spacial score (nSPS) is 24.1. The Labute approximate surface area is 127 Å². The first-order valence-electron chi connectivity index (χ1n) is 7.59. The number of hydrogen-bond donors (Lipinski definition) is 0. The van der Waals surface area contributed by atoms with E-state index in [0.717, 1.165) is 28.5 Å². The monoisotopic (exact) mass is 334 g/mol. The third-order valence-corrected chi connectivity index (χ3v) is 5.22. The Morgan fingerprint density at radius 2 is 2.00 bits per heavy atom. The van der Waals surface area contributed by atoms with E-state index in [1.807, 2.05) is 18.6 Å². The first kappa shape index (κ1) is 12.6. The fourth-order valence-corrected chi connectivity index (χ4v) is 4.35. The van der Waals surface area contributed by atoms with E-state index in [9.17, 15) is 0 Å². The van der Waals surface area contributed by atoms with Crippen molar-refractivity contribution < 1.29 is 0 Å². The number of halogens is 1. The van der Waals surface area contributed by atoms with Gasteiger partial charge in [-0.25, -0.2) is 9.97 Å². The number of fused-ring (bicyclic) bond motifs is 1. The molecule has 1 saturated carbocycles. The summed E-state index contributed by atoms with van der Waals surface area (Å²) >= 11 is 3.53. The van der Waals surface area contributed by atoms with Gasteiger partial charge in [0.15, 0.2) is 11.5 Å². The maximum atomic E-state index is 4.74. The molecule has 0 amide bonds. The van der Waals surface area contributed by atoms with Gasteiger partial charge in [-0.05, 0) is 47.5 Å². The van der Waals surface area contributed by atoms with Gasteiger partial charge in [0.2, 0.25) is 0 Å². The van der Waals surface area contributed by atoms with Gasteiger partial charge in [0.05, 0.1) is 0 Å². The predicted octanol–water partition coefficient (Wildman–Crippen LogP) is 3.65. The Kier molecular flexibility index (Phi) is 3.17. The van der Waals surface area contributed by atoms with Gasteiger partial charge in [0.1, 0.15) is 4.60 Å². The summed E-state index contributed by atoms with van der Waals surface area (Å²) in [6, 6.07) is 0.666. The van der Waals surface area contributed by atoms with Gasteiger partial charge in [-0.3, -0.25) is 0 Å². The Morgan fingerprint density at radius 1 is 1.15 bits per heavy atom. The molecule has 5 heteroatoms. The lowest BCUT2D eigenvalue weighted by Crippen LogP contribution is -2.35. The van der Waals surface area contributed by atoms with Gasteiger partial charge in [-0.1, -0.05) is 12.8 Å². The van der Waals surface area contributed by atoms with Crippen LogP contribution < -0.4 is 4.90 Å². The number of nitrogens with zero attached hydrogens (tertiary/aromatic N) is 4. The second-order valence-corrected chi connectivity index (χ2v) is 6.81. The summed E-state index contributed by atoms with van der Waals surface area (Å²) in [5.74, 6) is 1.91. The van der Waals surface area contributed by atoms with E-state index >= 15 is 0 Å². The van der Waals surface area contributed by atoms with E-state index in [-0.39, 0.29) is 0 Å². The van der Waals surface area contributed by atoms with Gasteiger partial charge in [-0.15, -0.1) is 0 Å². The molecule has 3 heterocycles. The van der Waals surface area contributed by atoms with Crippen molar-refractivity contribution >= 4 is 27.4 Å². The molecule has 20 heavy (non-hydrogen) atoms. The van der Waals surface area contributed by atoms with Crippen LogP contribution in [-0.2, 0) is 0 Å². The minimum atomic E-state index is 0.666. The minimum Gasteiger partial charge on any atom is -0.350 e. The molecule has 0 radical (unpaired) electrons. The molecule has 106 valence electrons. The topological polar surface area (TPSA) is 33.4 Å². The van der Waals surface area contributed by atoms with Gasteiger partial charge in [-0.2, -0.15) is 0 Å². The zero-order chi connectivity index (χ0) is 13.5. The van der Waals surface area contributed by atoms with Crippen molar-refractivity contribution in [1.29, 1.82) is 0 Å². The van der Waals surface area contributed by atoms with E-state index in [1.165, 1.54) is 38.5 Å². The molecule has 1 aliphatic heterocycles. The first-order valence-corrected chi connectivity index (χ1v) is 8.38. The quantitative estimate of drug-likeness (QED) is 0.840. The van der Waals surface area contributed by atoms with Crippen molar-refractivity contribution in [1.82, 2.24) is 14.4 Å². The van der Waals surface area contributed by atoms with E-state index in [4.69, 9.17) is 4.98 Å². The fourth-order valence-electron chi connectivity index (χ4n) is 3.97. The molecule has 0 spiro atoms. The first-order chi connectivity index (χ1) is 9.83. The molecular weight excluding hydrogens is 316 g/mol. The van der Waals surface area contributed by atoms with Crippen molar-refractivity contribution in [3.8, 4) is 0 Å². The second-order valence-electron chi connectivity index (χ2n) is 5.99. The van der Waals surface area contributed by atoms with Gasteiger partial charge in [0.25, 0.3) is 0 Å². The van der Waals surface area contributed by atoms with Crippen LogP contribution in [0.1, 0.15) is 38.5 Å². The molecular formula is C15H19BrN4. The van der Waals surface area contributed by atoms with Crippen molar-refractivity contribution in [2.45, 2.75) is 44.6 Å². The Morgan fingerprint density at radius 3 is 2.85 bits per heavy atom. The third kappa shape index (κ3) is 2.03. The Bertz CT molecular complexity index is 617. The Hall–Kier alpha value is -1.10. The van der Waals surface area contributed by atoms with Crippen molar-refractivity contribution in [3.63, 3.8) is 0 Å². The van der Waals surface area contributed by atoms with Crippen molar-refractivity contribution in [2.75, 3.05) is 11.4 Å². The molecule has 2 fully saturated rings. The van der Waals surface area contributed by atoms with E-state index in [1.54, 1.807) is 0 Å². The van der Waals surface area contributed by atoms with Crippen molar-refractivity contribution in [2.24, 2.45) is 5.92 Å². The zero-order valence-corrected chi connectivity index (χ0v) is 13.1. The zero-order valence-electron chi connectivity index (χ0n) is 11.5. The molecule has 0 aromatic carbocycles. The van der Waals surface area contributed by atoms with Gasteiger partial charge < -0.3 is 9.30 Å². The summed E-state index contributed by atoms with van der Waals surface area (Å²) < 4.78 is 2.95. The number of hydrogen-bond acceptors (Lipinski definition) is 3. The molecule has 0 bridgehead atoms. The van der Waals surface area contributed by atoms with Crippen LogP contribution in [0.3, 0.4) is 0 Å². The predicted molar refractivity (Wildman–Crippen MR) is 83.0 cm³/mol. The molecule has 1 atom stereocenters. The molecule has 4 rings (SSSR count). The van der Waals surface area contributed by atoms with E-state index in [2.05, 4.69) is 30.2 Å². The maximum absolute atomic E-state index is 4.74. The number of aromatic nitrogens is 3. The van der Waals surface area contributed by atoms with Crippen LogP contribution in [0.25, 0.3) is 5.65 Å². The van der Waals surface area contributed by atoms with Crippen LogP contribution in [0.15, 0.2) is 23.2 Å². The van der Waals surface area contributed by atoms with Gasteiger partial charge in [0, 0.05) is 31.2 Å². The highest BCUT2D eigenvalue weighted by molar-refractivity contribution is 9.10. The largest absolute Gasteiger partial charge is 0.350 e. The summed E-state index contributed by atoms with van der Waals surface area (Å²) in [7, 11) is 0. The number of anilines is 1. The lowest BCUT2D eigenvalue weighted by molar-refractivity contribution is 0.429. The van der Waals surface area contributed by atoms with Crippen LogP contribution in [-0.4, -0.2) is 27.0 Å². The van der Waals surface area contributed by atoms with Crippen molar-refractivity contribution in [3.05, 3.63) is 23.2 Å². The van der Waals surface area contributed by atoms with Crippen LogP contribution in [0.5, 0.6) is 0 Å². The third-order valence-electron chi connectivity index (χ3n) is 4.84. The average molecular weight is 335 g/mol. The minimum absolute atomic E-state index is 0.666. The summed E-state index contributed by atoms with van der Waals surface area (Å²) in [6.07, 6.45) is 14.0. The standard InChI is InChI=1S/C15H19BrN4/c16-13-10-19-9-7-17-14(19)15(18-13)20-8-3-6-12(20)11-4-1-2-5-11/h7,9-12H,1-6,8H2. The molecule has 1 unspecified atom stereocenters. The molecule has 4 nitrogen and oxygen atoms in total. The fraction of sp³-hybridized carbons (Fsp3) is 0.600. The Balaban J connectivity index is 1.75. The lowest BCUT2D eigenvalue weighted by atomic mass is 9.96. The van der Waals surface area contributed by atoms with Crippen LogP contribution in [0.2, 0.25) is 0 Å². The molecule has 0 N–H and O–H groups in total. The number of rotatable bonds is 2. The highest BCUT2D eigenvalue weighted by atomic mass is 79.9. The molecule has 2 aromatic heterocycles. The lowest BCUT2D eigenvalue weighted by Gasteiger charge is -2.30. The van der Waals surface area contributed by atoms with Crippen LogP contribution >= 0.6 is 15.9 Å². The van der Waals surface area contributed by atoms with Gasteiger partial charge >= 0.3 is 0 Å². The summed E-state index contributed by atoms with van der Waals surface area (Å²) in [6.45, 7) is 1.12. The maximum Gasteiger partial charge on any atom is 0.180 e. The van der Waals surface area contributed by atoms with E-state index < -0.39 is 0 Å². The molecule has 2 aliphatic rings. The highest BCUT2D eigenvalue weighted by Gasteiger charge is 2.35. The van der Waals surface area contributed by atoms with Crippen LogP contribution in [0.4, 0.5) is 5.82 Å². The smallest absolute Gasteiger partial charge is 0.180 e. The average Bonchev–Trinajstić information content (AvgIpc) is 3.17. The highest BCUT2D eigenvalue weighted by Crippen LogP contribution is 2.38. The molecule has 2 aromatic rings.